The van der Waals surface area contributed by atoms with Gasteiger partial charge in [-0.25, -0.2) is 4.39 Å². The smallest absolute Gasteiger partial charge is 0.303 e. The Balaban J connectivity index is 1.92. The lowest BCUT2D eigenvalue weighted by molar-refractivity contribution is -0.288. The molecule has 1 heterocycles. The van der Waals surface area contributed by atoms with Crippen LogP contribution in [0.3, 0.4) is 0 Å². The number of carbonyl (C=O) groups excluding carboxylic acids is 5. The topological polar surface area (TPSA) is 161 Å². The molecule has 0 amide bonds. The van der Waals surface area contributed by atoms with Crippen molar-refractivity contribution < 1.29 is 61.9 Å². The van der Waals surface area contributed by atoms with Gasteiger partial charge in [-0.05, 0) is 23.8 Å². The number of esters is 4. The van der Waals surface area contributed by atoms with Gasteiger partial charge in [0.2, 0.25) is 12.4 Å². The molecule has 0 bridgehead atoms. The first-order valence-corrected chi connectivity index (χ1v) is 12.4. The molecule has 12 nitrogen and oxygen atoms in total. The zero-order chi connectivity index (χ0) is 30.3. The predicted octanol–water partition coefficient (Wildman–Crippen LogP) is 2.42. The largest absolute Gasteiger partial charge is 0.507 e. The van der Waals surface area contributed by atoms with E-state index < -0.39 is 78.5 Å². The van der Waals surface area contributed by atoms with Gasteiger partial charge in [-0.15, -0.1) is 0 Å². The Kier molecular flexibility index (Phi) is 10.4. The Bertz CT molecular complexity index is 1310. The van der Waals surface area contributed by atoms with Gasteiger partial charge in [-0.1, -0.05) is 18.2 Å². The standard InChI is InChI=1S/C28H29FO12/c1-14(30)36-13-24-25(37-15(2)31)26(38-16(3)32)27(39-17(4)33)28(41-24)40-19-9-10-20(23(35)12-19)22(34)11-18-7-5-6-8-21(18)29/h5-10,12,24-28,35H,11,13H2,1-4H3/t24-,25-,26+,27+,28-/m0/s1. The maximum absolute atomic E-state index is 14.0. The Labute approximate surface area is 234 Å². The highest BCUT2D eigenvalue weighted by atomic mass is 19.1. The molecule has 0 aromatic heterocycles. The van der Waals surface area contributed by atoms with E-state index in [0.717, 1.165) is 33.8 Å². The molecule has 1 fully saturated rings. The molecule has 13 heteroatoms. The fourth-order valence-corrected chi connectivity index (χ4v) is 4.15. The summed E-state index contributed by atoms with van der Waals surface area (Å²) in [6.45, 7) is 3.94. The van der Waals surface area contributed by atoms with Gasteiger partial charge in [0.05, 0.1) is 5.56 Å². The number of ketones is 1. The Morgan fingerprint density at radius 2 is 1.44 bits per heavy atom. The average molecular weight is 577 g/mol. The van der Waals surface area contributed by atoms with Crippen molar-refractivity contribution in [3.8, 4) is 11.5 Å². The molecule has 5 atom stereocenters. The van der Waals surface area contributed by atoms with E-state index >= 15 is 0 Å². The summed E-state index contributed by atoms with van der Waals surface area (Å²) in [5, 5.41) is 10.6. The minimum absolute atomic E-state index is 0.0640. The van der Waals surface area contributed by atoms with Crippen molar-refractivity contribution in [1.29, 1.82) is 0 Å². The fraction of sp³-hybridized carbons (Fsp3) is 0.393. The Morgan fingerprint density at radius 1 is 0.829 bits per heavy atom. The summed E-state index contributed by atoms with van der Waals surface area (Å²) in [4.78, 5) is 59.9. The molecular formula is C28H29FO12. The second-order valence-electron chi connectivity index (χ2n) is 9.06. The van der Waals surface area contributed by atoms with Gasteiger partial charge < -0.3 is 33.5 Å². The summed E-state index contributed by atoms with van der Waals surface area (Å²) in [6.07, 6.45) is -7.38. The number of rotatable bonds is 10. The molecule has 1 aliphatic heterocycles. The zero-order valence-corrected chi connectivity index (χ0v) is 22.7. The minimum Gasteiger partial charge on any atom is -0.507 e. The number of hydrogen-bond donors (Lipinski definition) is 1. The van der Waals surface area contributed by atoms with Crippen molar-refractivity contribution in [2.75, 3.05) is 6.61 Å². The lowest BCUT2D eigenvalue weighted by atomic mass is 9.98. The number of carbonyl (C=O) groups is 5. The number of halogens is 1. The first-order chi connectivity index (χ1) is 19.3. The SMILES string of the molecule is CC(=O)OC[C@@H]1O[C@H](Oc2ccc(C(=O)Cc3ccccc3F)c(O)c2)[C@H](OC(C)=O)[C@H](OC(C)=O)[C@H]1OC(C)=O. The molecule has 2 aromatic carbocycles. The fourth-order valence-electron chi connectivity index (χ4n) is 4.15. The minimum atomic E-state index is -1.53. The van der Waals surface area contributed by atoms with Crippen LogP contribution < -0.4 is 4.74 Å². The van der Waals surface area contributed by atoms with Crippen molar-refractivity contribution in [2.24, 2.45) is 0 Å². The number of hydrogen-bond acceptors (Lipinski definition) is 12. The van der Waals surface area contributed by atoms with Gasteiger partial charge in [0, 0.05) is 40.2 Å². The monoisotopic (exact) mass is 576 g/mol. The van der Waals surface area contributed by atoms with Crippen LogP contribution in [0.25, 0.3) is 0 Å². The molecule has 1 saturated heterocycles. The highest BCUT2D eigenvalue weighted by molar-refractivity contribution is 6.00. The molecular weight excluding hydrogens is 547 g/mol. The van der Waals surface area contributed by atoms with Crippen molar-refractivity contribution in [2.45, 2.75) is 64.8 Å². The lowest BCUT2D eigenvalue weighted by Crippen LogP contribution is -2.63. The van der Waals surface area contributed by atoms with Crippen molar-refractivity contribution in [1.82, 2.24) is 0 Å². The van der Waals surface area contributed by atoms with Crippen LogP contribution in [0.2, 0.25) is 0 Å². The maximum Gasteiger partial charge on any atom is 0.303 e. The summed E-state index contributed by atoms with van der Waals surface area (Å²) in [6, 6.07) is 9.38. The first-order valence-electron chi connectivity index (χ1n) is 12.4. The third-order valence-electron chi connectivity index (χ3n) is 5.78. The second kappa shape index (κ2) is 13.7. The molecule has 0 spiro atoms. The van der Waals surface area contributed by atoms with Gasteiger partial charge in [0.1, 0.15) is 30.0 Å². The average Bonchev–Trinajstić information content (AvgIpc) is 2.87. The van der Waals surface area contributed by atoms with Crippen molar-refractivity contribution in [3.63, 3.8) is 0 Å². The van der Waals surface area contributed by atoms with Crippen LogP contribution in [0.5, 0.6) is 11.5 Å². The zero-order valence-electron chi connectivity index (χ0n) is 22.7. The van der Waals surface area contributed by atoms with Crippen LogP contribution in [-0.4, -0.2) is 72.1 Å². The van der Waals surface area contributed by atoms with Crippen LogP contribution >= 0.6 is 0 Å². The number of phenols is 1. The van der Waals surface area contributed by atoms with E-state index in [1.807, 2.05) is 0 Å². The molecule has 3 rings (SSSR count). The summed E-state index contributed by atoms with van der Waals surface area (Å²) in [5.74, 6) is -4.78. The summed E-state index contributed by atoms with van der Waals surface area (Å²) < 4.78 is 46.6. The molecule has 1 aliphatic rings. The van der Waals surface area contributed by atoms with Crippen LogP contribution in [0.15, 0.2) is 42.5 Å². The van der Waals surface area contributed by atoms with Crippen molar-refractivity contribution >= 4 is 29.7 Å². The van der Waals surface area contributed by atoms with Crippen LogP contribution in [0.4, 0.5) is 4.39 Å². The molecule has 0 aliphatic carbocycles. The molecule has 2 aromatic rings. The predicted molar refractivity (Wildman–Crippen MR) is 135 cm³/mol. The number of phenolic OH excluding ortho intramolecular Hbond substituents is 1. The highest BCUT2D eigenvalue weighted by Crippen LogP contribution is 2.33. The van der Waals surface area contributed by atoms with Crippen molar-refractivity contribution in [3.05, 3.63) is 59.4 Å². The van der Waals surface area contributed by atoms with Crippen LogP contribution in [-0.2, 0) is 49.3 Å². The van der Waals surface area contributed by atoms with E-state index in [-0.39, 0.29) is 23.3 Å². The third-order valence-corrected chi connectivity index (χ3v) is 5.78. The molecule has 1 N–H and O–H groups in total. The number of Topliss-reactive ketones (excluding diaryl/α,β-unsaturated/α-hetero) is 1. The van der Waals surface area contributed by atoms with Gasteiger partial charge in [0.25, 0.3) is 0 Å². The van der Waals surface area contributed by atoms with E-state index in [2.05, 4.69) is 0 Å². The Hall–Kier alpha value is -4.52. The van der Waals surface area contributed by atoms with Gasteiger partial charge in [-0.2, -0.15) is 0 Å². The summed E-state index contributed by atoms with van der Waals surface area (Å²) in [7, 11) is 0. The van der Waals surface area contributed by atoms with E-state index in [4.69, 9.17) is 28.4 Å². The quantitative estimate of drug-likeness (QED) is 0.250. The molecule has 0 saturated carbocycles. The normalized spacial score (nSPS) is 21.7. The number of ether oxygens (including phenoxy) is 6. The highest BCUT2D eigenvalue weighted by Gasteiger charge is 2.53. The third kappa shape index (κ3) is 8.48. The summed E-state index contributed by atoms with van der Waals surface area (Å²) >= 11 is 0. The molecule has 220 valence electrons. The van der Waals surface area contributed by atoms with Gasteiger partial charge in [-0.3, -0.25) is 24.0 Å². The second-order valence-corrected chi connectivity index (χ2v) is 9.06. The lowest BCUT2D eigenvalue weighted by Gasteiger charge is -2.43. The molecule has 41 heavy (non-hydrogen) atoms. The maximum atomic E-state index is 14.0. The molecule has 0 unspecified atom stereocenters. The van der Waals surface area contributed by atoms with E-state index in [1.165, 1.54) is 30.3 Å². The first kappa shape index (κ1) is 31.0. The summed E-state index contributed by atoms with van der Waals surface area (Å²) in [5.41, 5.74) is 0.0388. The van der Waals surface area contributed by atoms with E-state index in [0.29, 0.717) is 0 Å². The van der Waals surface area contributed by atoms with Gasteiger partial charge in [0.15, 0.2) is 18.0 Å². The van der Waals surface area contributed by atoms with Crippen LogP contribution in [0.1, 0.15) is 43.6 Å². The number of aromatic hydroxyl groups is 1. The Morgan fingerprint density at radius 3 is 2.02 bits per heavy atom. The number of benzene rings is 2. The molecule has 0 radical (unpaired) electrons. The van der Waals surface area contributed by atoms with E-state index in [1.54, 1.807) is 6.07 Å². The van der Waals surface area contributed by atoms with Crippen LogP contribution in [0, 0.1) is 5.82 Å². The van der Waals surface area contributed by atoms with E-state index in [9.17, 15) is 33.5 Å². The van der Waals surface area contributed by atoms with Gasteiger partial charge >= 0.3 is 23.9 Å².